The van der Waals surface area contributed by atoms with E-state index in [0.717, 1.165) is 33.9 Å². The van der Waals surface area contributed by atoms with Gasteiger partial charge in [0, 0.05) is 47.0 Å². The summed E-state index contributed by atoms with van der Waals surface area (Å²) < 4.78 is 247. The summed E-state index contributed by atoms with van der Waals surface area (Å²) in [5.41, 5.74) is 0.581. The number of rotatable bonds is 16. The number of terminal acetylenes is 4. The molecule has 40 nitrogen and oxygen atoms in total. The molecule has 8 aliphatic heterocycles. The van der Waals surface area contributed by atoms with Crippen LogP contribution in [0.25, 0.3) is 0 Å². The number of phosphoric ester groups is 4. The van der Waals surface area contributed by atoms with Gasteiger partial charge in [-0.25, -0.2) is 35.8 Å². The van der Waals surface area contributed by atoms with Crippen molar-refractivity contribution in [2.75, 3.05) is 26.3 Å². The van der Waals surface area contributed by atoms with Crippen LogP contribution in [0.15, 0.2) is 117 Å². The van der Waals surface area contributed by atoms with Crippen LogP contribution in [0.5, 0.6) is 23.0 Å². The molecule has 4 aromatic heterocycles. The van der Waals surface area contributed by atoms with E-state index in [2.05, 4.69) is 37.7 Å². The lowest BCUT2D eigenvalue weighted by Gasteiger charge is -2.29. The molecule has 0 bridgehead atoms. The normalized spacial score (nSPS) is 33.6. The zero-order chi connectivity index (χ0) is 98.5. The molecule has 0 saturated carbocycles. The van der Waals surface area contributed by atoms with Crippen LogP contribution in [-0.2, 0) is 99.8 Å². The third kappa shape index (κ3) is 19.5. The maximum absolute atomic E-state index is 16.0. The summed E-state index contributed by atoms with van der Waals surface area (Å²) in [6, 6.07) is 20.2. The number of aliphatic hydroxyl groups excluding tert-OH is 8. The summed E-state index contributed by atoms with van der Waals surface area (Å²) >= 11 is 19.9. The van der Waals surface area contributed by atoms with Crippen LogP contribution in [0.1, 0.15) is 99.8 Å². The fourth-order valence-corrected chi connectivity index (χ4v) is 18.6. The van der Waals surface area contributed by atoms with Crippen molar-refractivity contribution in [2.24, 2.45) is 0 Å². The number of aliphatic hydroxyl groups is 8. The molecule has 8 aliphatic rings. The average Bonchev–Trinajstić information content (AvgIpc) is 1.56. The lowest BCUT2D eigenvalue weighted by atomic mass is 10.1. The number of H-pyrrole nitrogens is 4. The molecular formula is C76H72F4N8O32P4S4. The number of fused-ring (bicyclic) bond motifs is 4. The predicted molar refractivity (Wildman–Crippen MR) is 440 cm³/mol. The van der Waals surface area contributed by atoms with E-state index < -0.39 is 187 Å². The van der Waals surface area contributed by atoms with Gasteiger partial charge >= 0.3 is 31.3 Å². The Morgan fingerprint density at radius 1 is 0.414 bits per heavy atom. The van der Waals surface area contributed by atoms with Gasteiger partial charge in [0.1, 0.15) is 120 Å². The van der Waals surface area contributed by atoms with Crippen LogP contribution in [0.4, 0.5) is 17.6 Å². The molecule has 0 radical (unpaired) electrons. The molecule has 0 amide bonds. The van der Waals surface area contributed by atoms with Gasteiger partial charge in [-0.15, -0.1) is 25.7 Å². The van der Waals surface area contributed by atoms with Crippen molar-refractivity contribution in [3.05, 3.63) is 225 Å². The fraction of sp³-hybridized carbons (Fsp3) is 0.368. The van der Waals surface area contributed by atoms with Gasteiger partial charge in [-0.3, -0.25) is 93.6 Å². The molecule has 680 valence electrons. The minimum absolute atomic E-state index is 0.0786. The molecule has 4 saturated heterocycles. The van der Waals surface area contributed by atoms with E-state index in [9.17, 15) is 78.3 Å². The number of phosphoric acid groups is 4. The number of aryl methyl sites for hydroxylation is 4. The number of ether oxygens (including phenoxy) is 4. The van der Waals surface area contributed by atoms with Crippen molar-refractivity contribution in [3.63, 3.8) is 0 Å². The first-order valence-electron chi connectivity index (χ1n) is 39.6. The van der Waals surface area contributed by atoms with Crippen LogP contribution in [0.2, 0.25) is 0 Å². The second-order valence-electron chi connectivity index (χ2n) is 28.2. The molecule has 12 heterocycles. The zero-order valence-corrected chi connectivity index (χ0v) is 72.5. The molecule has 20 atom stereocenters. The standard InChI is InChI=1S/4C19H18FN2O8PS/c4*1-3-11-7-22(18(32)21-16(11)25)17-13(23)15(24)19(20,29-17)9-28-31(26)27-8-12-6-4-5-10(2)14(12)30-31/h4*1,4-7,13,15,17,23-24H,8-9H2,2H3,(H,21,25,32)/t4*13-,15+,17-,19-,31?/m1111/s1/i9D2,17D;17D;9D2;. The van der Waals surface area contributed by atoms with Gasteiger partial charge in [0.15, 0.2) is 43.9 Å². The lowest BCUT2D eigenvalue weighted by Crippen LogP contribution is -2.43. The molecule has 4 unspecified atom stereocenters. The second kappa shape index (κ2) is 37.4. The number of nitrogens with zero attached hydrogens (tertiary/aromatic N) is 4. The Kier molecular flexibility index (Phi) is 25.7. The number of hydrogen-bond donors (Lipinski definition) is 12. The third-order valence-electron chi connectivity index (χ3n) is 19.5. The number of halogens is 4. The van der Waals surface area contributed by atoms with Crippen molar-refractivity contribution < 1.29 is 158 Å². The quantitative estimate of drug-likeness (QED) is 0.0194. The van der Waals surface area contributed by atoms with Crippen molar-refractivity contribution in [3.8, 4) is 72.4 Å². The molecule has 4 fully saturated rings. The number of benzene rings is 4. The first-order valence-corrected chi connectivity index (χ1v) is 44.0. The maximum Gasteiger partial charge on any atom is 0.530 e. The van der Waals surface area contributed by atoms with Crippen LogP contribution < -0.4 is 40.3 Å². The highest BCUT2D eigenvalue weighted by molar-refractivity contribution is 7.71. The van der Waals surface area contributed by atoms with Crippen molar-refractivity contribution in [1.29, 1.82) is 0 Å². The van der Waals surface area contributed by atoms with E-state index in [0.29, 0.717) is 59.4 Å². The third-order valence-corrected chi connectivity index (χ3v) is 25.7. The minimum Gasteiger partial charge on any atom is -0.403 e. The smallest absolute Gasteiger partial charge is 0.403 e. The van der Waals surface area contributed by atoms with E-state index in [1.165, 1.54) is 0 Å². The predicted octanol–water partition coefficient (Wildman–Crippen LogP) is 7.38. The Bertz CT molecular complexity index is 7000. The highest BCUT2D eigenvalue weighted by atomic mass is 32.1. The van der Waals surface area contributed by atoms with E-state index >= 15 is 17.6 Å². The highest BCUT2D eigenvalue weighted by Crippen LogP contribution is 2.61. The highest BCUT2D eigenvalue weighted by Gasteiger charge is 2.62. The summed E-state index contributed by atoms with van der Waals surface area (Å²) in [4.78, 5) is 55.9. The summed E-state index contributed by atoms with van der Waals surface area (Å²) in [5.74, 6) is -5.07. The molecule has 128 heavy (non-hydrogen) atoms. The van der Waals surface area contributed by atoms with Crippen molar-refractivity contribution >= 4 is 80.2 Å². The van der Waals surface area contributed by atoms with Crippen LogP contribution in [-0.4, -0.2) is 178 Å². The number of hydrogen-bond acceptors (Lipinski definition) is 36. The fourth-order valence-electron chi connectivity index (χ4n) is 12.7. The monoisotopic (exact) mass is 1940 g/mol. The van der Waals surface area contributed by atoms with Gasteiger partial charge in [-0.05, 0) is 98.8 Å². The van der Waals surface area contributed by atoms with Gasteiger partial charge in [0.25, 0.3) is 45.7 Å². The number of para-hydroxylation sites is 4. The first-order chi connectivity index (χ1) is 62.5. The van der Waals surface area contributed by atoms with Crippen LogP contribution >= 0.6 is 80.2 Å². The van der Waals surface area contributed by atoms with E-state index in [1.807, 2.05) is 5.92 Å². The van der Waals surface area contributed by atoms with Gasteiger partial charge < -0.3 is 77.9 Å². The number of aromatic amines is 4. The van der Waals surface area contributed by atoms with Crippen LogP contribution in [0, 0.1) is 96.2 Å². The Morgan fingerprint density at radius 3 is 0.969 bits per heavy atom. The van der Waals surface area contributed by atoms with Gasteiger partial charge in [0.05, 0.1) is 34.7 Å². The van der Waals surface area contributed by atoms with Gasteiger partial charge in [-0.1, -0.05) is 96.5 Å². The van der Waals surface area contributed by atoms with E-state index in [4.69, 9.17) is 156 Å². The minimum atomic E-state index is -4.83. The van der Waals surface area contributed by atoms with Crippen LogP contribution in [0.3, 0.4) is 0 Å². The first kappa shape index (κ1) is 87.9. The largest absolute Gasteiger partial charge is 0.530 e. The Morgan fingerprint density at radius 2 is 0.656 bits per heavy atom. The second-order valence-corrected chi connectivity index (χ2v) is 36.0. The SMILES string of the molecule is C#Cc1cn([C@@H]2O[C@](F)(COP3(=O)OCc4cccc(C)c4O3)[C@@H](O)[C@H]2O)c(=S)[nH]c1=O.[2H]C([2H])(OP1(=O)OCc2cccc(C)c2O1)[C@@]1(F)O[C@@H](n2cc(C#C)c(=O)[nH]c2=S)[C@H](O)[C@@H]1O.[2H]C([2H])(OP1(=O)OCc2cccc(C)c2O1)[C@@]1(F)O[C@@]([2H])(n2cc(C#C)c(=O)[nH]c2=S)[C@H](O)[C@@H]1O.[2H][C@@]1(n2cc(C#C)c(=O)[nH]c2=S)O[C@](F)(COP2(=O)OCc3cccc(C)c3O2)[C@@H](O)[C@H]1O. The summed E-state index contributed by atoms with van der Waals surface area (Å²) in [5, 5.41) is 83.1. The van der Waals surface area contributed by atoms with Gasteiger partial charge in [-0.2, -0.15) is 0 Å². The summed E-state index contributed by atoms with van der Waals surface area (Å²) in [6.45, 7) is -3.95. The lowest BCUT2D eigenvalue weighted by molar-refractivity contribution is -0.205. The summed E-state index contributed by atoms with van der Waals surface area (Å²) in [7, 11) is -18.2. The molecular weight excluding hydrogens is 1870 g/mol. The zero-order valence-electron chi connectivity index (χ0n) is 71.7. The number of aromatic nitrogens is 8. The topological polar surface area (TPSA) is 529 Å². The summed E-state index contributed by atoms with van der Waals surface area (Å²) in [6.07, 6.45) is -2.95. The molecule has 8 aromatic rings. The molecule has 0 aliphatic carbocycles. The number of nitrogens with one attached hydrogen (secondary N) is 4. The Balaban J connectivity index is 0.000000152. The molecule has 0 spiro atoms. The Labute approximate surface area is 747 Å². The average molecular weight is 1940 g/mol. The molecule has 4 aromatic carbocycles. The van der Waals surface area contributed by atoms with Crippen molar-refractivity contribution in [1.82, 2.24) is 38.2 Å². The maximum atomic E-state index is 16.0. The Hall–Kier alpha value is -9.44. The van der Waals surface area contributed by atoms with E-state index in [1.54, 1.807) is 100 Å². The van der Waals surface area contributed by atoms with Gasteiger partial charge in [0.2, 0.25) is 0 Å². The van der Waals surface area contributed by atoms with Crippen molar-refractivity contribution in [2.45, 2.75) is 151 Å². The molecule has 16 rings (SSSR count). The number of alkyl halides is 4. The van der Waals surface area contributed by atoms with E-state index in [-0.39, 0.29) is 75.5 Å². The molecule has 12 N–H and O–H groups in total. The molecule has 52 heteroatoms.